The van der Waals surface area contributed by atoms with Crippen LogP contribution in [0.25, 0.3) is 0 Å². The van der Waals surface area contributed by atoms with E-state index in [1.165, 1.54) is 22.5 Å². The zero-order valence-electron chi connectivity index (χ0n) is 17.6. The highest BCUT2D eigenvalue weighted by molar-refractivity contribution is 5.43. The number of aliphatic hydroxyl groups excluding tert-OH is 2. The maximum atomic E-state index is 8.90. The van der Waals surface area contributed by atoms with E-state index in [0.717, 1.165) is 22.1 Å². The Hall–Kier alpha value is -1.76. The minimum Gasteiger partial charge on any atom is -2.00 e. The lowest BCUT2D eigenvalue weighted by atomic mass is 10.2. The molecule has 0 fully saturated rings. The Morgan fingerprint density at radius 2 is 0.852 bits per heavy atom. The van der Waals surface area contributed by atoms with Gasteiger partial charge in [0.2, 0.25) is 0 Å². The predicted molar refractivity (Wildman–Crippen MR) is 114 cm³/mol. The smallest absolute Gasteiger partial charge is 0.132 e. The van der Waals surface area contributed by atoms with Crippen molar-refractivity contribution >= 4 is 11.4 Å². The van der Waals surface area contributed by atoms with E-state index in [-0.39, 0.29) is 18.7 Å². The molecule has 0 aromatic heterocycles. The van der Waals surface area contributed by atoms with Gasteiger partial charge in [0.05, 0.1) is 41.4 Å². The molecule has 2 aromatic rings. The SMILES string of the molecule is Cc1ccc([N+](C)(C)CCO)cc1.Cc1ccc([N+](C)(C)CCO)cc1.[O-2]. The molecule has 27 heavy (non-hydrogen) atoms. The van der Waals surface area contributed by atoms with Crippen molar-refractivity contribution in [1.82, 2.24) is 8.97 Å². The quantitative estimate of drug-likeness (QED) is 0.761. The molecule has 0 atom stereocenters. The Labute approximate surface area is 164 Å². The molecule has 2 aromatic carbocycles. The molecular weight excluding hydrogens is 340 g/mol. The summed E-state index contributed by atoms with van der Waals surface area (Å²) in [5.41, 5.74) is 5.01. The standard InChI is InChI=1S/2C11H18NO.O/c2*1-10-4-6-11(7-5-10)12(2,3)8-9-13;/h2*4-7,13H,8-9H2,1-3H3;/q2*+1;-2. The average molecular weight is 377 g/mol. The van der Waals surface area contributed by atoms with Crippen LogP contribution in [0.1, 0.15) is 11.1 Å². The van der Waals surface area contributed by atoms with Gasteiger partial charge in [0.1, 0.15) is 24.5 Å². The van der Waals surface area contributed by atoms with Crippen LogP contribution in [0.3, 0.4) is 0 Å². The molecule has 0 amide bonds. The molecule has 5 nitrogen and oxygen atoms in total. The monoisotopic (exact) mass is 376 g/mol. The van der Waals surface area contributed by atoms with Crippen LogP contribution in [0.5, 0.6) is 0 Å². The van der Waals surface area contributed by atoms with Crippen LogP contribution in [0.15, 0.2) is 48.5 Å². The van der Waals surface area contributed by atoms with Crippen molar-refractivity contribution in [3.05, 3.63) is 59.7 Å². The van der Waals surface area contributed by atoms with E-state index in [1.54, 1.807) is 0 Å². The number of likely N-dealkylation sites (N-methyl/N-ethyl adjacent to an activating group) is 2. The molecule has 0 radical (unpaired) electrons. The molecule has 0 saturated heterocycles. The van der Waals surface area contributed by atoms with Gasteiger partial charge >= 0.3 is 0 Å². The molecule has 152 valence electrons. The Morgan fingerprint density at radius 1 is 0.593 bits per heavy atom. The van der Waals surface area contributed by atoms with Crippen molar-refractivity contribution in [2.24, 2.45) is 0 Å². The zero-order valence-corrected chi connectivity index (χ0v) is 17.6. The zero-order chi connectivity index (χ0) is 19.8. The number of benzene rings is 2. The van der Waals surface area contributed by atoms with Crippen LogP contribution >= 0.6 is 0 Å². The minimum atomic E-state index is 0. The molecule has 2 N–H and O–H groups in total. The summed E-state index contributed by atoms with van der Waals surface area (Å²) in [7, 11) is 8.39. The Bertz CT molecular complexity index is 591. The van der Waals surface area contributed by atoms with Crippen molar-refractivity contribution in [3.8, 4) is 0 Å². The molecule has 0 spiro atoms. The molecule has 0 aliphatic heterocycles. The maximum absolute atomic E-state index is 8.90. The van der Waals surface area contributed by atoms with Crippen LogP contribution in [0, 0.1) is 13.8 Å². The largest absolute Gasteiger partial charge is 2.00 e. The van der Waals surface area contributed by atoms with Crippen molar-refractivity contribution in [3.63, 3.8) is 0 Å². The van der Waals surface area contributed by atoms with Crippen molar-refractivity contribution < 1.29 is 15.7 Å². The lowest BCUT2D eigenvalue weighted by Gasteiger charge is -2.28. The van der Waals surface area contributed by atoms with E-state index in [9.17, 15) is 0 Å². The number of rotatable bonds is 6. The first-order valence-electron chi connectivity index (χ1n) is 9.14. The summed E-state index contributed by atoms with van der Waals surface area (Å²) >= 11 is 0. The second-order valence-corrected chi connectivity index (χ2v) is 7.94. The number of quaternary nitrogens is 2. The van der Waals surface area contributed by atoms with Crippen molar-refractivity contribution in [2.75, 3.05) is 54.5 Å². The van der Waals surface area contributed by atoms with E-state index in [4.69, 9.17) is 10.2 Å². The van der Waals surface area contributed by atoms with E-state index in [2.05, 4.69) is 90.6 Å². The minimum absolute atomic E-state index is 0. The number of hydrogen-bond acceptors (Lipinski definition) is 2. The lowest BCUT2D eigenvalue weighted by Crippen LogP contribution is -2.42. The Balaban J connectivity index is 0.000000483. The van der Waals surface area contributed by atoms with Gasteiger partial charge in [-0.15, -0.1) is 0 Å². The van der Waals surface area contributed by atoms with Crippen LogP contribution < -0.4 is 8.97 Å². The van der Waals surface area contributed by atoms with E-state index < -0.39 is 0 Å². The first-order valence-corrected chi connectivity index (χ1v) is 9.14. The highest BCUT2D eigenvalue weighted by Gasteiger charge is 2.17. The summed E-state index contributed by atoms with van der Waals surface area (Å²) in [5, 5.41) is 17.8. The Kier molecular flexibility index (Phi) is 10.4. The van der Waals surface area contributed by atoms with Gasteiger partial charge in [-0.3, -0.25) is 8.97 Å². The van der Waals surface area contributed by atoms with Gasteiger partial charge in [-0.1, -0.05) is 35.4 Å². The molecule has 0 heterocycles. The third-order valence-electron chi connectivity index (χ3n) is 4.78. The third kappa shape index (κ3) is 8.20. The van der Waals surface area contributed by atoms with Gasteiger partial charge in [0.15, 0.2) is 0 Å². The highest BCUT2D eigenvalue weighted by Crippen LogP contribution is 2.19. The molecule has 0 aliphatic carbocycles. The fraction of sp³-hybridized carbons (Fsp3) is 0.455. The number of hydrogen-bond donors (Lipinski definition) is 2. The Morgan fingerprint density at radius 3 is 1.07 bits per heavy atom. The molecule has 2 rings (SSSR count). The summed E-state index contributed by atoms with van der Waals surface area (Å²) in [6.07, 6.45) is 0. The highest BCUT2D eigenvalue weighted by atomic mass is 16.3. The first-order chi connectivity index (χ1) is 12.1. The van der Waals surface area contributed by atoms with E-state index in [1.807, 2.05) is 0 Å². The van der Waals surface area contributed by atoms with Gasteiger partial charge in [0, 0.05) is 0 Å². The second kappa shape index (κ2) is 11.2. The van der Waals surface area contributed by atoms with Gasteiger partial charge < -0.3 is 15.7 Å². The van der Waals surface area contributed by atoms with E-state index >= 15 is 0 Å². The average Bonchev–Trinajstić information content (AvgIpc) is 2.56. The first kappa shape index (κ1) is 25.2. The fourth-order valence-corrected chi connectivity index (χ4v) is 2.65. The molecule has 0 bridgehead atoms. The number of nitrogens with zero attached hydrogens (tertiary/aromatic N) is 2. The molecule has 5 heteroatoms. The van der Waals surface area contributed by atoms with Crippen LogP contribution in [0.2, 0.25) is 0 Å². The third-order valence-corrected chi connectivity index (χ3v) is 4.78. The number of aliphatic hydroxyl groups is 2. The summed E-state index contributed by atoms with van der Waals surface area (Å²) < 4.78 is 1.47. The van der Waals surface area contributed by atoms with Crippen LogP contribution in [-0.2, 0) is 5.48 Å². The normalized spacial score (nSPS) is 11.3. The van der Waals surface area contributed by atoms with Gasteiger partial charge in [0.25, 0.3) is 0 Å². The van der Waals surface area contributed by atoms with Crippen molar-refractivity contribution in [2.45, 2.75) is 13.8 Å². The summed E-state index contributed by atoms with van der Waals surface area (Å²) in [6.45, 7) is 6.11. The summed E-state index contributed by atoms with van der Waals surface area (Å²) in [6, 6.07) is 16.9. The molecule has 0 aliphatic rings. The maximum Gasteiger partial charge on any atom is 0.132 e. The van der Waals surface area contributed by atoms with Gasteiger partial charge in [-0.2, -0.15) is 0 Å². The summed E-state index contributed by atoms with van der Waals surface area (Å²) in [5.74, 6) is 0. The van der Waals surface area contributed by atoms with Crippen molar-refractivity contribution in [1.29, 1.82) is 0 Å². The summed E-state index contributed by atoms with van der Waals surface area (Å²) in [4.78, 5) is 0. The topological polar surface area (TPSA) is 69.0 Å². The number of aryl methyl sites for hydroxylation is 2. The lowest BCUT2D eigenvalue weighted by molar-refractivity contribution is 0.242. The van der Waals surface area contributed by atoms with Gasteiger partial charge in [-0.25, -0.2) is 0 Å². The van der Waals surface area contributed by atoms with Gasteiger partial charge in [-0.05, 0) is 38.1 Å². The molecule has 0 unspecified atom stereocenters. The predicted octanol–water partition coefficient (Wildman–Crippen LogP) is 2.99. The molecular formula is C22H36N2O3. The fourth-order valence-electron chi connectivity index (χ4n) is 2.65. The van der Waals surface area contributed by atoms with Crippen LogP contribution in [0.4, 0.5) is 11.4 Å². The van der Waals surface area contributed by atoms with Crippen LogP contribution in [-0.4, -0.2) is 64.7 Å². The van der Waals surface area contributed by atoms with E-state index in [0.29, 0.717) is 0 Å². The second-order valence-electron chi connectivity index (χ2n) is 7.94. The molecule has 0 saturated carbocycles.